The second kappa shape index (κ2) is 5.98. The van der Waals surface area contributed by atoms with Crippen molar-refractivity contribution in [2.45, 2.75) is 13.8 Å². The molecular weight excluding hydrogens is 192 g/mol. The second-order valence-corrected chi connectivity index (χ2v) is 3.29. The highest BCUT2D eigenvalue weighted by Gasteiger charge is 2.06. The molecule has 0 aliphatic carbocycles. The van der Waals surface area contributed by atoms with E-state index in [1.165, 1.54) is 6.08 Å². The molecule has 0 fully saturated rings. The first-order chi connectivity index (χ1) is 6.93. The van der Waals surface area contributed by atoms with Gasteiger partial charge in [-0.3, -0.25) is 0 Å². The summed E-state index contributed by atoms with van der Waals surface area (Å²) in [6.07, 6.45) is 1.53. The summed E-state index contributed by atoms with van der Waals surface area (Å²) in [5.74, 6) is 6.09. The fraction of sp³-hybridized carbons (Fsp3) is 0.400. The Balaban J connectivity index is 5.06. The van der Waals surface area contributed by atoms with Gasteiger partial charge in [-0.1, -0.05) is 0 Å². The van der Waals surface area contributed by atoms with E-state index in [1.54, 1.807) is 18.7 Å². The van der Waals surface area contributed by atoms with Crippen molar-refractivity contribution in [3.05, 3.63) is 23.2 Å². The molecule has 5 nitrogen and oxygen atoms in total. The Morgan fingerprint density at radius 2 is 2.00 bits per heavy atom. The largest absolute Gasteiger partial charge is 0.416 e. The summed E-state index contributed by atoms with van der Waals surface area (Å²) < 4.78 is 0. The van der Waals surface area contributed by atoms with Crippen LogP contribution >= 0.6 is 0 Å². The zero-order valence-electron chi connectivity index (χ0n) is 9.66. The Bertz CT molecular complexity index is 315. The highest BCUT2D eigenvalue weighted by molar-refractivity contribution is 6.06. The maximum Gasteiger partial charge on any atom is 0.132 e. The molecule has 0 heterocycles. The number of rotatable bonds is 5. The predicted molar refractivity (Wildman–Crippen MR) is 62.7 cm³/mol. The maximum absolute atomic E-state index is 7.77. The van der Waals surface area contributed by atoms with E-state index >= 15 is 0 Å². The van der Waals surface area contributed by atoms with E-state index in [2.05, 4.69) is 16.5 Å². The Hall–Kier alpha value is -1.62. The first kappa shape index (κ1) is 13.4. The summed E-state index contributed by atoms with van der Waals surface area (Å²) in [7, 11) is 3.69. The zero-order chi connectivity index (χ0) is 12.0. The molecule has 0 saturated carbocycles. The van der Waals surface area contributed by atoms with Crippen LogP contribution < -0.4 is 5.90 Å². The predicted octanol–water partition coefficient (Wildman–Crippen LogP) is 1.29. The van der Waals surface area contributed by atoms with Gasteiger partial charge in [-0.15, -0.1) is 0 Å². The van der Waals surface area contributed by atoms with E-state index < -0.39 is 0 Å². The van der Waals surface area contributed by atoms with Crippen molar-refractivity contribution in [1.82, 2.24) is 4.90 Å². The van der Waals surface area contributed by atoms with Crippen LogP contribution in [0.2, 0.25) is 0 Å². The smallest absolute Gasteiger partial charge is 0.132 e. The molecule has 0 aromatic heterocycles. The Morgan fingerprint density at radius 1 is 1.47 bits per heavy atom. The Kier molecular flexibility index (Phi) is 5.33. The van der Waals surface area contributed by atoms with Gasteiger partial charge in [-0.05, 0) is 20.6 Å². The molecule has 0 atom stereocenters. The van der Waals surface area contributed by atoms with E-state index in [0.717, 1.165) is 0 Å². The lowest BCUT2D eigenvalue weighted by Gasteiger charge is -2.15. The normalized spacial score (nSPS) is 13.0. The maximum atomic E-state index is 7.77. The van der Waals surface area contributed by atoms with Crippen molar-refractivity contribution >= 4 is 12.4 Å². The first-order valence-corrected chi connectivity index (χ1v) is 4.43. The van der Waals surface area contributed by atoms with Crippen LogP contribution in [0.15, 0.2) is 28.2 Å². The van der Waals surface area contributed by atoms with Crippen LogP contribution in [0.4, 0.5) is 0 Å². The lowest BCUT2D eigenvalue weighted by Crippen LogP contribution is -2.14. The third-order valence-electron chi connectivity index (χ3n) is 1.85. The summed E-state index contributed by atoms with van der Waals surface area (Å²) >= 11 is 0. The summed E-state index contributed by atoms with van der Waals surface area (Å²) in [6.45, 7) is 6.94. The molecule has 0 amide bonds. The highest BCUT2D eigenvalue weighted by Crippen LogP contribution is 2.10. The van der Waals surface area contributed by atoms with Gasteiger partial charge in [0.05, 0.1) is 5.71 Å². The van der Waals surface area contributed by atoms with Crippen molar-refractivity contribution in [3.8, 4) is 0 Å². The van der Waals surface area contributed by atoms with Crippen LogP contribution in [-0.2, 0) is 4.84 Å². The highest BCUT2D eigenvalue weighted by atomic mass is 16.6. The van der Waals surface area contributed by atoms with Crippen LogP contribution in [0.1, 0.15) is 13.8 Å². The second-order valence-electron chi connectivity index (χ2n) is 3.29. The van der Waals surface area contributed by atoms with Gasteiger partial charge in [0.15, 0.2) is 0 Å². The van der Waals surface area contributed by atoms with Crippen LogP contribution in [0.5, 0.6) is 0 Å². The van der Waals surface area contributed by atoms with Gasteiger partial charge in [-0.25, -0.2) is 4.99 Å². The molecule has 0 rings (SSSR count). The fourth-order valence-electron chi connectivity index (χ4n) is 1.06. The molecule has 0 unspecified atom stereocenters. The van der Waals surface area contributed by atoms with Crippen LogP contribution in [0.3, 0.4) is 0 Å². The molecule has 0 saturated heterocycles. The molecule has 84 valence electrons. The Labute approximate surface area is 90.4 Å². The summed E-state index contributed by atoms with van der Waals surface area (Å²) in [5.41, 5.74) is 1.01. The van der Waals surface area contributed by atoms with E-state index in [4.69, 9.17) is 11.3 Å². The summed E-state index contributed by atoms with van der Waals surface area (Å²) in [6, 6.07) is 0. The number of nitrogens with one attached hydrogen (secondary N) is 1. The standard InChI is InChI=1S/C10H18N4O/c1-7(15-12)6-9(11)8(2)10(13-3)14(4)5/h6,11H,3,12H2,1-2,4-5H3/b7-6+,10-8+,11-9?. The fourth-order valence-corrected chi connectivity index (χ4v) is 1.06. The molecule has 5 heteroatoms. The summed E-state index contributed by atoms with van der Waals surface area (Å²) in [4.78, 5) is 10.1. The van der Waals surface area contributed by atoms with Gasteiger partial charge in [0.2, 0.25) is 0 Å². The van der Waals surface area contributed by atoms with Crippen molar-refractivity contribution in [2.75, 3.05) is 14.1 Å². The van der Waals surface area contributed by atoms with Crippen molar-refractivity contribution in [1.29, 1.82) is 5.41 Å². The van der Waals surface area contributed by atoms with Gasteiger partial charge in [-0.2, -0.15) is 5.90 Å². The van der Waals surface area contributed by atoms with Crippen molar-refractivity contribution < 1.29 is 4.84 Å². The van der Waals surface area contributed by atoms with Crippen LogP contribution in [0.25, 0.3) is 0 Å². The van der Waals surface area contributed by atoms with E-state index in [1.807, 2.05) is 14.1 Å². The summed E-state index contributed by atoms with van der Waals surface area (Å²) in [5, 5.41) is 7.77. The number of allylic oxidation sites excluding steroid dienone is 3. The minimum Gasteiger partial charge on any atom is -0.416 e. The molecule has 0 aliphatic heterocycles. The van der Waals surface area contributed by atoms with Gasteiger partial charge < -0.3 is 15.1 Å². The molecule has 0 aliphatic rings. The first-order valence-electron chi connectivity index (χ1n) is 4.43. The number of nitrogens with two attached hydrogens (primary N) is 1. The molecular formula is C10H18N4O. The molecule has 0 aromatic carbocycles. The van der Waals surface area contributed by atoms with Crippen molar-refractivity contribution in [2.24, 2.45) is 10.9 Å². The topological polar surface area (TPSA) is 74.7 Å². The zero-order valence-corrected chi connectivity index (χ0v) is 9.66. The number of nitrogens with zero attached hydrogens (tertiary/aromatic N) is 2. The molecule has 0 bridgehead atoms. The lowest BCUT2D eigenvalue weighted by atomic mass is 10.1. The van der Waals surface area contributed by atoms with Gasteiger partial charge >= 0.3 is 0 Å². The quantitative estimate of drug-likeness (QED) is 0.408. The van der Waals surface area contributed by atoms with E-state index in [-0.39, 0.29) is 0 Å². The lowest BCUT2D eigenvalue weighted by molar-refractivity contribution is 0.223. The average molecular weight is 210 g/mol. The van der Waals surface area contributed by atoms with Crippen molar-refractivity contribution in [3.63, 3.8) is 0 Å². The van der Waals surface area contributed by atoms with Crippen LogP contribution in [-0.4, -0.2) is 31.4 Å². The molecule has 3 N–H and O–H groups in total. The minimum absolute atomic E-state index is 0.300. The van der Waals surface area contributed by atoms with Gasteiger partial charge in [0.1, 0.15) is 11.6 Å². The SMILES string of the molecule is C=N/C(=C(/C)C(=N)/C=C(\C)ON)N(C)C. The van der Waals surface area contributed by atoms with Gasteiger partial charge in [0.25, 0.3) is 0 Å². The molecule has 15 heavy (non-hydrogen) atoms. The van der Waals surface area contributed by atoms with E-state index in [9.17, 15) is 0 Å². The monoisotopic (exact) mass is 210 g/mol. The van der Waals surface area contributed by atoms with Gasteiger partial charge in [0, 0.05) is 25.7 Å². The number of hydrogen-bond donors (Lipinski definition) is 2. The van der Waals surface area contributed by atoms with Crippen LogP contribution in [0, 0.1) is 5.41 Å². The number of hydrogen-bond acceptors (Lipinski definition) is 5. The average Bonchev–Trinajstić information content (AvgIpc) is 2.17. The molecule has 0 spiro atoms. The minimum atomic E-state index is 0.300. The molecule has 0 aromatic rings. The third kappa shape index (κ3) is 3.95. The molecule has 0 radical (unpaired) electrons. The third-order valence-corrected chi connectivity index (χ3v) is 1.85. The Morgan fingerprint density at radius 3 is 2.33 bits per heavy atom. The van der Waals surface area contributed by atoms with E-state index in [0.29, 0.717) is 22.9 Å². The number of aliphatic imine (C=N–C) groups is 1.